The number of esters is 1. The lowest BCUT2D eigenvalue weighted by molar-refractivity contribution is -0.142. The van der Waals surface area contributed by atoms with E-state index in [1.165, 1.54) is 0 Å². The Bertz CT molecular complexity index is 1260. The average Bonchev–Trinajstić information content (AvgIpc) is 2.81. The quantitative estimate of drug-likeness (QED) is 0.223. The van der Waals surface area contributed by atoms with Crippen molar-refractivity contribution in [1.29, 1.82) is 0 Å². The number of benzene rings is 4. The third-order valence-electron chi connectivity index (χ3n) is 4.94. The lowest BCUT2D eigenvalue weighted by Gasteiger charge is -2.17. The minimum Gasteiger partial charge on any atom is -0.489 e. The van der Waals surface area contributed by atoms with Gasteiger partial charge in [-0.15, -0.1) is 0 Å². The van der Waals surface area contributed by atoms with Gasteiger partial charge in [-0.25, -0.2) is 4.79 Å². The van der Waals surface area contributed by atoms with E-state index in [-0.39, 0.29) is 18.8 Å². The number of rotatable bonds is 8. The first-order valence-corrected chi connectivity index (χ1v) is 10.3. The highest BCUT2D eigenvalue weighted by Gasteiger charge is 2.14. The molecule has 4 aromatic rings. The summed E-state index contributed by atoms with van der Waals surface area (Å²) in [5.74, 6) is 1.52. The molecule has 0 amide bonds. The van der Waals surface area contributed by atoms with Gasteiger partial charge in [0.2, 0.25) is 0 Å². The Morgan fingerprint density at radius 1 is 0.875 bits per heavy atom. The van der Waals surface area contributed by atoms with E-state index in [1.54, 1.807) is 6.92 Å². The number of carbonyl (C=O) groups is 1. The van der Waals surface area contributed by atoms with Crippen LogP contribution in [-0.4, -0.2) is 30.4 Å². The van der Waals surface area contributed by atoms with Crippen LogP contribution >= 0.6 is 0 Å². The van der Waals surface area contributed by atoms with Gasteiger partial charge in [-0.2, -0.15) is 0 Å². The number of aliphatic hydroxyl groups is 1. The van der Waals surface area contributed by atoms with E-state index in [2.05, 4.69) is 12.6 Å². The smallest absolute Gasteiger partial charge is 0.333 e. The topological polar surface area (TPSA) is 65.0 Å². The Kier molecular flexibility index (Phi) is 6.38. The molecule has 162 valence electrons. The number of ether oxygens (including phenoxy) is 3. The molecule has 5 heteroatoms. The second-order valence-corrected chi connectivity index (χ2v) is 7.57. The van der Waals surface area contributed by atoms with Crippen LogP contribution in [0.15, 0.2) is 91.0 Å². The van der Waals surface area contributed by atoms with E-state index in [1.807, 2.05) is 72.8 Å². The summed E-state index contributed by atoms with van der Waals surface area (Å²) >= 11 is 0. The van der Waals surface area contributed by atoms with Crippen molar-refractivity contribution in [3.05, 3.63) is 91.0 Å². The Balaban J connectivity index is 1.63. The molecule has 0 fully saturated rings. The summed E-state index contributed by atoms with van der Waals surface area (Å²) in [4.78, 5) is 11.6. The van der Waals surface area contributed by atoms with Crippen LogP contribution in [0.2, 0.25) is 0 Å². The number of aliphatic hydroxyl groups excluding tert-OH is 1. The SMILES string of the molecule is C=C(C)C(=O)OCC(O)COc1c2ccccc2cc2ccc(Oc3ccccc3)cc12. The molecule has 0 heterocycles. The highest BCUT2D eigenvalue weighted by Crippen LogP contribution is 2.37. The molecule has 1 N–H and O–H groups in total. The summed E-state index contributed by atoms with van der Waals surface area (Å²) in [6.07, 6.45) is -0.976. The first-order chi connectivity index (χ1) is 15.5. The van der Waals surface area contributed by atoms with Crippen molar-refractivity contribution in [2.45, 2.75) is 13.0 Å². The van der Waals surface area contributed by atoms with Crippen molar-refractivity contribution in [1.82, 2.24) is 0 Å². The lowest BCUT2D eigenvalue weighted by Crippen LogP contribution is -2.25. The number of fused-ring (bicyclic) bond motifs is 2. The van der Waals surface area contributed by atoms with Gasteiger partial charge in [0.15, 0.2) is 0 Å². The highest BCUT2D eigenvalue weighted by molar-refractivity contribution is 6.05. The fourth-order valence-electron chi connectivity index (χ4n) is 3.37. The average molecular weight is 428 g/mol. The minimum absolute atomic E-state index is 0.0314. The summed E-state index contributed by atoms with van der Waals surface area (Å²) in [5.41, 5.74) is 0.282. The molecule has 0 aliphatic heterocycles. The Hall–Kier alpha value is -3.83. The van der Waals surface area contributed by atoms with Gasteiger partial charge in [-0.05, 0) is 48.0 Å². The van der Waals surface area contributed by atoms with Crippen LogP contribution in [0.3, 0.4) is 0 Å². The Morgan fingerprint density at radius 3 is 2.38 bits per heavy atom. The zero-order chi connectivity index (χ0) is 22.5. The molecule has 0 bridgehead atoms. The monoisotopic (exact) mass is 428 g/mol. The zero-order valence-corrected chi connectivity index (χ0v) is 17.8. The summed E-state index contributed by atoms with van der Waals surface area (Å²) in [6.45, 7) is 4.89. The van der Waals surface area contributed by atoms with Crippen LogP contribution in [0.1, 0.15) is 6.92 Å². The van der Waals surface area contributed by atoms with Crippen LogP contribution in [0, 0.1) is 0 Å². The van der Waals surface area contributed by atoms with Crippen LogP contribution in [0.5, 0.6) is 17.2 Å². The lowest BCUT2D eigenvalue weighted by atomic mass is 10.0. The fourth-order valence-corrected chi connectivity index (χ4v) is 3.37. The molecule has 0 radical (unpaired) electrons. The van der Waals surface area contributed by atoms with Gasteiger partial charge in [-0.3, -0.25) is 0 Å². The van der Waals surface area contributed by atoms with E-state index in [0.29, 0.717) is 11.5 Å². The number of carbonyl (C=O) groups excluding carboxylic acids is 1. The largest absolute Gasteiger partial charge is 0.489 e. The molecule has 4 aromatic carbocycles. The van der Waals surface area contributed by atoms with Gasteiger partial charge in [0.05, 0.1) is 0 Å². The van der Waals surface area contributed by atoms with Gasteiger partial charge in [0, 0.05) is 16.3 Å². The van der Waals surface area contributed by atoms with Crippen molar-refractivity contribution in [3.63, 3.8) is 0 Å². The Labute approximate surface area is 186 Å². The number of para-hydroxylation sites is 1. The maximum atomic E-state index is 11.6. The molecule has 0 saturated carbocycles. The van der Waals surface area contributed by atoms with Gasteiger partial charge < -0.3 is 19.3 Å². The predicted molar refractivity (Wildman–Crippen MR) is 125 cm³/mol. The summed E-state index contributed by atoms with van der Waals surface area (Å²) in [6, 6.07) is 25.4. The summed E-state index contributed by atoms with van der Waals surface area (Å²) < 4.78 is 17.1. The maximum absolute atomic E-state index is 11.6. The van der Waals surface area contributed by atoms with Gasteiger partial charge >= 0.3 is 5.97 Å². The van der Waals surface area contributed by atoms with Crippen LogP contribution < -0.4 is 9.47 Å². The fraction of sp³-hybridized carbons (Fsp3) is 0.148. The van der Waals surface area contributed by atoms with E-state index in [4.69, 9.17) is 14.2 Å². The molecule has 0 saturated heterocycles. The molecule has 0 aliphatic carbocycles. The summed E-state index contributed by atoms with van der Waals surface area (Å²) in [5, 5.41) is 14.1. The van der Waals surface area contributed by atoms with Gasteiger partial charge in [-0.1, -0.05) is 55.1 Å². The molecular weight excluding hydrogens is 404 g/mol. The molecule has 4 rings (SSSR count). The molecule has 1 unspecified atom stereocenters. The predicted octanol–water partition coefficient (Wildman–Crippen LogP) is 5.64. The minimum atomic E-state index is -0.976. The molecule has 1 atom stereocenters. The highest BCUT2D eigenvalue weighted by atomic mass is 16.5. The van der Waals surface area contributed by atoms with Crippen molar-refractivity contribution in [3.8, 4) is 17.2 Å². The normalized spacial score (nSPS) is 11.8. The van der Waals surface area contributed by atoms with E-state index >= 15 is 0 Å². The third-order valence-corrected chi connectivity index (χ3v) is 4.94. The first-order valence-electron chi connectivity index (χ1n) is 10.3. The van der Waals surface area contributed by atoms with Crippen LogP contribution in [-0.2, 0) is 9.53 Å². The molecule has 5 nitrogen and oxygen atoms in total. The van der Waals surface area contributed by atoms with Crippen molar-refractivity contribution < 1.29 is 24.1 Å². The number of hydrogen-bond donors (Lipinski definition) is 1. The van der Waals surface area contributed by atoms with Crippen molar-refractivity contribution >= 4 is 27.5 Å². The zero-order valence-electron chi connectivity index (χ0n) is 17.8. The van der Waals surface area contributed by atoms with E-state index in [9.17, 15) is 9.90 Å². The standard InChI is InChI=1S/C27H24O5/c1-18(2)27(29)31-17-21(28)16-30-26-24-11-7-6-8-19(24)14-20-12-13-23(15-25(20)26)32-22-9-4-3-5-10-22/h3-15,21,28H,1,16-17H2,2H3. The molecular formula is C27H24O5. The second kappa shape index (κ2) is 9.54. The molecule has 0 aromatic heterocycles. The van der Waals surface area contributed by atoms with Crippen LogP contribution in [0.25, 0.3) is 21.5 Å². The van der Waals surface area contributed by atoms with Gasteiger partial charge in [0.1, 0.15) is 36.6 Å². The Morgan fingerprint density at radius 2 is 1.59 bits per heavy atom. The second-order valence-electron chi connectivity index (χ2n) is 7.57. The third kappa shape index (κ3) is 4.90. The molecule has 0 aliphatic rings. The van der Waals surface area contributed by atoms with Crippen LogP contribution in [0.4, 0.5) is 0 Å². The molecule has 32 heavy (non-hydrogen) atoms. The van der Waals surface area contributed by atoms with Crippen molar-refractivity contribution in [2.75, 3.05) is 13.2 Å². The van der Waals surface area contributed by atoms with E-state index < -0.39 is 12.1 Å². The van der Waals surface area contributed by atoms with E-state index in [0.717, 1.165) is 27.3 Å². The first kappa shape index (κ1) is 21.4. The van der Waals surface area contributed by atoms with Crippen molar-refractivity contribution in [2.24, 2.45) is 0 Å². The number of hydrogen-bond acceptors (Lipinski definition) is 5. The maximum Gasteiger partial charge on any atom is 0.333 e. The molecule has 0 spiro atoms. The summed E-state index contributed by atoms with van der Waals surface area (Å²) in [7, 11) is 0. The van der Waals surface area contributed by atoms with Gasteiger partial charge in [0.25, 0.3) is 0 Å².